The lowest BCUT2D eigenvalue weighted by Gasteiger charge is -2.54. The van der Waals surface area contributed by atoms with Crippen LogP contribution in [-0.4, -0.2) is 56.0 Å². The van der Waals surface area contributed by atoms with Crippen molar-refractivity contribution < 1.29 is 53.9 Å². The summed E-state index contributed by atoms with van der Waals surface area (Å²) < 4.78 is 129. The van der Waals surface area contributed by atoms with Gasteiger partial charge in [0.2, 0.25) is 0 Å². The number of fused-ring (bicyclic) bond motifs is 6. The third-order valence-electron chi connectivity index (χ3n) is 12.6. The van der Waals surface area contributed by atoms with Crippen LogP contribution in [0.15, 0.2) is 18.2 Å². The Labute approximate surface area is 278 Å². The van der Waals surface area contributed by atoms with Gasteiger partial charge >= 0.3 is 23.9 Å². The maximum Gasteiger partial charge on any atom is 0.460 e. The molecule has 4 aliphatic rings. The fourth-order valence-electron chi connectivity index (χ4n) is 9.79. The van der Waals surface area contributed by atoms with Gasteiger partial charge in [-0.2, -0.15) is 39.5 Å². The number of aromatic hydroxyl groups is 1. The van der Waals surface area contributed by atoms with Crippen molar-refractivity contribution in [2.24, 2.45) is 28.6 Å². The molecule has 274 valence electrons. The average molecular weight is 719 g/mol. The van der Waals surface area contributed by atoms with Crippen molar-refractivity contribution in [2.75, 3.05) is 11.5 Å². The summed E-state index contributed by atoms with van der Waals surface area (Å²) in [5.41, 5.74) is 2.84. The van der Waals surface area contributed by atoms with Crippen LogP contribution in [0.3, 0.4) is 0 Å². The SMILES string of the molecule is C[C@]12CCC3c4ccc(O)cc4C[C@@H](CCCCCCCCCS(=O)CCC(F)(F)C(F)(F)C(F)(F)C(F)(F)F)C3C1C[C@@H](O)C21CC1. The van der Waals surface area contributed by atoms with Crippen molar-refractivity contribution in [1.29, 1.82) is 0 Å². The topological polar surface area (TPSA) is 57.5 Å². The molecule has 2 N–H and O–H groups in total. The Morgan fingerprint density at radius 2 is 1.48 bits per heavy atom. The summed E-state index contributed by atoms with van der Waals surface area (Å²) >= 11 is 0. The summed E-state index contributed by atoms with van der Waals surface area (Å²) in [6.45, 7) is 2.42. The van der Waals surface area contributed by atoms with Gasteiger partial charge in [0.15, 0.2) is 0 Å². The monoisotopic (exact) mass is 718 g/mol. The Bertz CT molecular complexity index is 1310. The lowest BCUT2D eigenvalue weighted by Crippen LogP contribution is -2.61. The van der Waals surface area contributed by atoms with Crippen LogP contribution in [0.2, 0.25) is 0 Å². The van der Waals surface area contributed by atoms with Crippen LogP contribution >= 0.6 is 0 Å². The van der Waals surface area contributed by atoms with Crippen LogP contribution in [0.4, 0.5) is 39.5 Å². The number of rotatable bonds is 15. The first-order chi connectivity index (χ1) is 22.3. The minimum absolute atomic E-state index is 0.0865. The van der Waals surface area contributed by atoms with Gasteiger partial charge in [-0.3, -0.25) is 4.21 Å². The highest BCUT2D eigenvalue weighted by molar-refractivity contribution is 7.84. The molecule has 0 aliphatic heterocycles. The van der Waals surface area contributed by atoms with Gasteiger partial charge in [0.05, 0.1) is 6.10 Å². The zero-order chi connectivity index (χ0) is 35.3. The number of phenolic OH excluding ortho intramolecular Hbond substituents is 1. The van der Waals surface area contributed by atoms with Gasteiger partial charge < -0.3 is 10.2 Å². The predicted octanol–water partition coefficient (Wildman–Crippen LogP) is 9.95. The Balaban J connectivity index is 1.03. The highest BCUT2D eigenvalue weighted by Crippen LogP contribution is 2.76. The third-order valence-corrected chi connectivity index (χ3v) is 14.0. The zero-order valence-corrected chi connectivity index (χ0v) is 28.1. The number of phenols is 1. The van der Waals surface area contributed by atoms with Crippen molar-refractivity contribution in [3.8, 4) is 5.75 Å². The summed E-state index contributed by atoms with van der Waals surface area (Å²) in [6.07, 6.45) is 3.77. The molecule has 1 aromatic rings. The Hall–Kier alpha value is -1.50. The van der Waals surface area contributed by atoms with Crippen molar-refractivity contribution in [1.82, 2.24) is 0 Å². The Kier molecular flexibility index (Phi) is 10.7. The lowest BCUT2D eigenvalue weighted by atomic mass is 9.50. The van der Waals surface area contributed by atoms with E-state index in [-0.39, 0.29) is 28.4 Å². The molecule has 4 aliphatic carbocycles. The predicted molar refractivity (Wildman–Crippen MR) is 165 cm³/mol. The maximum atomic E-state index is 13.7. The molecule has 1 aromatic carbocycles. The number of hydrogen-bond acceptors (Lipinski definition) is 3. The second-order valence-corrected chi connectivity index (χ2v) is 16.9. The zero-order valence-electron chi connectivity index (χ0n) is 27.3. The maximum absolute atomic E-state index is 13.7. The molecule has 7 atom stereocenters. The van der Waals surface area contributed by atoms with Crippen LogP contribution in [0.1, 0.15) is 114 Å². The fourth-order valence-corrected chi connectivity index (χ4v) is 11.0. The largest absolute Gasteiger partial charge is 0.508 e. The molecule has 0 radical (unpaired) electrons. The van der Waals surface area contributed by atoms with E-state index >= 15 is 0 Å². The first kappa shape index (κ1) is 37.7. The summed E-state index contributed by atoms with van der Waals surface area (Å²) in [4.78, 5) is 0. The van der Waals surface area contributed by atoms with E-state index in [1.165, 1.54) is 11.1 Å². The first-order valence-electron chi connectivity index (χ1n) is 17.3. The second kappa shape index (κ2) is 13.6. The van der Waals surface area contributed by atoms with Crippen LogP contribution in [-0.2, 0) is 17.2 Å². The molecule has 3 saturated carbocycles. The molecule has 0 saturated heterocycles. The van der Waals surface area contributed by atoms with Crippen LogP contribution in [0.25, 0.3) is 0 Å². The van der Waals surface area contributed by atoms with E-state index in [2.05, 4.69) is 13.0 Å². The highest BCUT2D eigenvalue weighted by Gasteiger charge is 2.81. The molecule has 4 unspecified atom stereocenters. The summed E-state index contributed by atoms with van der Waals surface area (Å²) in [5, 5.41) is 21.4. The van der Waals surface area contributed by atoms with E-state index in [1.807, 2.05) is 6.07 Å². The Morgan fingerprint density at radius 1 is 0.854 bits per heavy atom. The van der Waals surface area contributed by atoms with Gasteiger partial charge in [-0.1, -0.05) is 51.5 Å². The number of hydrogen-bond donors (Lipinski definition) is 2. The minimum Gasteiger partial charge on any atom is -0.508 e. The lowest BCUT2D eigenvalue weighted by molar-refractivity contribution is -0.396. The van der Waals surface area contributed by atoms with Crippen molar-refractivity contribution in [3.63, 3.8) is 0 Å². The van der Waals surface area contributed by atoms with Gasteiger partial charge in [0, 0.05) is 34.1 Å². The van der Waals surface area contributed by atoms with Gasteiger partial charge in [-0.25, -0.2) is 0 Å². The number of halogens is 9. The molecule has 1 spiro atoms. The summed E-state index contributed by atoms with van der Waals surface area (Å²) in [5.74, 6) is -18.3. The summed E-state index contributed by atoms with van der Waals surface area (Å²) in [6, 6.07) is 5.81. The molecule has 0 bridgehead atoms. The van der Waals surface area contributed by atoms with Gasteiger partial charge in [0.25, 0.3) is 0 Å². The number of aliphatic hydroxyl groups excluding tert-OH is 1. The van der Waals surface area contributed by atoms with Gasteiger partial charge in [-0.05, 0) is 104 Å². The van der Waals surface area contributed by atoms with E-state index in [1.54, 1.807) is 6.07 Å². The quantitative estimate of drug-likeness (QED) is 0.140. The fraction of sp³-hybridized carbons (Fsp3) is 0.829. The molecular weight excluding hydrogens is 671 g/mol. The standard InChI is InChI=1S/C35H47F9O3S/c1-30-13-12-26-25-11-10-24(45)20-23(25)19-22(29(26)27(30)21-28(46)31(30)14-15-31)9-7-5-3-2-4-6-8-17-48(47)18-16-32(36,37)33(38,39)34(40,41)35(42,43)44/h10-11,20,22,26-29,45-46H,2-9,12-19,21H2,1H3/t22-,26?,27?,28-,29?,30+,48?/m1/s1. The van der Waals surface area contributed by atoms with Crippen molar-refractivity contribution >= 4 is 10.8 Å². The van der Waals surface area contributed by atoms with E-state index in [9.17, 15) is 53.9 Å². The smallest absolute Gasteiger partial charge is 0.460 e. The molecule has 0 heterocycles. The molecule has 13 heteroatoms. The normalized spacial score (nSPS) is 30.5. The van der Waals surface area contributed by atoms with E-state index in [0.717, 1.165) is 77.0 Å². The molecule has 0 aromatic heterocycles. The second-order valence-electron chi connectivity index (χ2n) is 15.2. The van der Waals surface area contributed by atoms with Gasteiger partial charge in [-0.15, -0.1) is 0 Å². The Morgan fingerprint density at radius 3 is 2.10 bits per heavy atom. The number of aliphatic hydroxyl groups is 1. The molecule has 0 amide bonds. The van der Waals surface area contributed by atoms with Gasteiger partial charge in [0.1, 0.15) is 5.75 Å². The van der Waals surface area contributed by atoms with Crippen molar-refractivity contribution in [3.05, 3.63) is 29.3 Å². The number of alkyl halides is 9. The number of unbranched alkanes of at least 4 members (excludes halogenated alkanes) is 6. The number of benzene rings is 1. The molecular formula is C35H47F9O3S. The van der Waals surface area contributed by atoms with E-state index in [4.69, 9.17) is 0 Å². The molecule has 5 rings (SSSR count). The van der Waals surface area contributed by atoms with Crippen LogP contribution in [0.5, 0.6) is 5.75 Å². The highest BCUT2D eigenvalue weighted by atomic mass is 32.2. The first-order valence-corrected chi connectivity index (χ1v) is 18.8. The molecule has 48 heavy (non-hydrogen) atoms. The summed E-state index contributed by atoms with van der Waals surface area (Å²) in [7, 11) is -2.06. The van der Waals surface area contributed by atoms with Crippen LogP contribution < -0.4 is 0 Å². The third kappa shape index (κ3) is 6.65. The molecule has 3 fully saturated rings. The van der Waals surface area contributed by atoms with E-state index in [0.29, 0.717) is 36.5 Å². The van der Waals surface area contributed by atoms with Crippen LogP contribution in [0, 0.1) is 28.6 Å². The molecule has 3 nitrogen and oxygen atoms in total. The van der Waals surface area contributed by atoms with E-state index < -0.39 is 46.9 Å². The average Bonchev–Trinajstić information content (AvgIpc) is 3.79. The van der Waals surface area contributed by atoms with Crippen molar-refractivity contribution in [2.45, 2.75) is 139 Å². The minimum atomic E-state index is -6.92.